The Morgan fingerprint density at radius 3 is 2.67 bits per heavy atom. The van der Waals surface area contributed by atoms with Crippen molar-refractivity contribution in [1.82, 2.24) is 0 Å². The number of amides is 1. The average Bonchev–Trinajstić information content (AvgIpc) is 2.60. The van der Waals surface area contributed by atoms with E-state index in [9.17, 15) is 4.79 Å². The molecule has 1 atom stereocenters. The molecule has 2 rings (SSSR count). The van der Waals surface area contributed by atoms with Gasteiger partial charge >= 0.3 is 0 Å². The second kappa shape index (κ2) is 8.62. The van der Waals surface area contributed by atoms with Crippen molar-refractivity contribution < 1.29 is 9.53 Å². The SMILES string of the molecule is COc1ccc(Cl)cc1NC(=O)C(C)SCc1ccc(C#N)cc1. The van der Waals surface area contributed by atoms with Crippen LogP contribution >= 0.6 is 23.4 Å². The first-order chi connectivity index (χ1) is 11.5. The molecule has 0 bridgehead atoms. The molecule has 6 heteroatoms. The molecule has 0 aromatic heterocycles. The number of anilines is 1. The van der Waals surface area contributed by atoms with Gasteiger partial charge in [0, 0.05) is 10.8 Å². The molecule has 0 spiro atoms. The van der Waals surface area contributed by atoms with E-state index in [2.05, 4.69) is 11.4 Å². The first-order valence-corrected chi connectivity index (χ1v) is 8.71. The van der Waals surface area contributed by atoms with Crippen molar-refractivity contribution in [3.8, 4) is 11.8 Å². The van der Waals surface area contributed by atoms with Crippen LogP contribution in [-0.4, -0.2) is 18.3 Å². The molecule has 124 valence electrons. The molecule has 2 aromatic rings. The highest BCUT2D eigenvalue weighted by Gasteiger charge is 2.16. The van der Waals surface area contributed by atoms with Gasteiger partial charge in [0.15, 0.2) is 0 Å². The zero-order valence-electron chi connectivity index (χ0n) is 13.4. The molecule has 4 nitrogen and oxygen atoms in total. The van der Waals surface area contributed by atoms with Crippen LogP contribution in [0.5, 0.6) is 5.75 Å². The van der Waals surface area contributed by atoms with Crippen LogP contribution in [0.25, 0.3) is 0 Å². The lowest BCUT2D eigenvalue weighted by molar-refractivity contribution is -0.115. The highest BCUT2D eigenvalue weighted by Crippen LogP contribution is 2.28. The van der Waals surface area contributed by atoms with Gasteiger partial charge in [-0.1, -0.05) is 23.7 Å². The van der Waals surface area contributed by atoms with Crippen LogP contribution in [0.4, 0.5) is 5.69 Å². The maximum absolute atomic E-state index is 12.3. The summed E-state index contributed by atoms with van der Waals surface area (Å²) in [6.45, 7) is 1.85. The number of halogens is 1. The Morgan fingerprint density at radius 1 is 1.33 bits per heavy atom. The normalized spacial score (nSPS) is 11.4. The quantitative estimate of drug-likeness (QED) is 0.824. The molecule has 0 aliphatic rings. The largest absolute Gasteiger partial charge is 0.495 e. The highest BCUT2D eigenvalue weighted by molar-refractivity contribution is 7.99. The Kier molecular flexibility index (Phi) is 6.53. The molecular formula is C18H17ClN2O2S. The van der Waals surface area contributed by atoms with Gasteiger partial charge in [0.05, 0.1) is 29.7 Å². The maximum atomic E-state index is 12.3. The van der Waals surface area contributed by atoms with Crippen molar-refractivity contribution in [3.05, 3.63) is 58.6 Å². The number of methoxy groups -OCH3 is 1. The number of nitrogens with zero attached hydrogens (tertiary/aromatic N) is 1. The van der Waals surface area contributed by atoms with Crippen molar-refractivity contribution in [3.63, 3.8) is 0 Å². The summed E-state index contributed by atoms with van der Waals surface area (Å²) in [6, 6.07) is 14.5. The Morgan fingerprint density at radius 2 is 2.04 bits per heavy atom. The minimum absolute atomic E-state index is 0.116. The van der Waals surface area contributed by atoms with Crippen molar-refractivity contribution in [1.29, 1.82) is 5.26 Å². The minimum Gasteiger partial charge on any atom is -0.495 e. The minimum atomic E-state index is -0.246. The molecule has 0 aliphatic carbocycles. The fourth-order valence-electron chi connectivity index (χ4n) is 1.98. The van der Waals surface area contributed by atoms with E-state index in [1.165, 1.54) is 11.8 Å². The van der Waals surface area contributed by atoms with Crippen LogP contribution in [0, 0.1) is 11.3 Å². The van der Waals surface area contributed by atoms with E-state index in [0.717, 1.165) is 5.56 Å². The number of rotatable bonds is 6. The maximum Gasteiger partial charge on any atom is 0.237 e. The van der Waals surface area contributed by atoms with Crippen LogP contribution in [0.15, 0.2) is 42.5 Å². The number of benzene rings is 2. The van der Waals surface area contributed by atoms with Gasteiger partial charge in [-0.25, -0.2) is 0 Å². The van der Waals surface area contributed by atoms with Crippen molar-refractivity contribution in [2.24, 2.45) is 0 Å². The summed E-state index contributed by atoms with van der Waals surface area (Å²) in [6.07, 6.45) is 0. The summed E-state index contributed by atoms with van der Waals surface area (Å²) in [4.78, 5) is 12.3. The second-order valence-electron chi connectivity index (χ2n) is 5.10. The first-order valence-electron chi connectivity index (χ1n) is 7.28. The van der Waals surface area contributed by atoms with Crippen LogP contribution in [-0.2, 0) is 10.5 Å². The van der Waals surface area contributed by atoms with Gasteiger partial charge in [0.25, 0.3) is 0 Å². The zero-order valence-corrected chi connectivity index (χ0v) is 14.9. The fourth-order valence-corrected chi connectivity index (χ4v) is 3.00. The summed E-state index contributed by atoms with van der Waals surface area (Å²) in [5.74, 6) is 1.14. The van der Waals surface area contributed by atoms with Crippen LogP contribution < -0.4 is 10.1 Å². The second-order valence-corrected chi connectivity index (χ2v) is 6.86. The predicted octanol–water partition coefficient (Wildman–Crippen LogP) is 4.48. The van der Waals surface area contributed by atoms with Crippen LogP contribution in [0.2, 0.25) is 5.02 Å². The predicted molar refractivity (Wildman–Crippen MR) is 98.5 cm³/mol. The van der Waals surface area contributed by atoms with Crippen LogP contribution in [0.3, 0.4) is 0 Å². The number of hydrogen-bond donors (Lipinski definition) is 1. The highest BCUT2D eigenvalue weighted by atomic mass is 35.5. The molecule has 24 heavy (non-hydrogen) atoms. The van der Waals surface area contributed by atoms with E-state index >= 15 is 0 Å². The van der Waals surface area contributed by atoms with E-state index in [4.69, 9.17) is 21.6 Å². The summed E-state index contributed by atoms with van der Waals surface area (Å²) >= 11 is 7.49. The Balaban J connectivity index is 1.94. The Hall–Kier alpha value is -2.16. The fraction of sp³-hybridized carbons (Fsp3) is 0.222. The molecule has 1 unspecified atom stereocenters. The van der Waals surface area contributed by atoms with Crippen molar-refractivity contribution >= 4 is 35.0 Å². The molecule has 0 saturated carbocycles. The Bertz CT molecular complexity index is 757. The van der Waals surface area contributed by atoms with Crippen LogP contribution in [0.1, 0.15) is 18.1 Å². The molecule has 1 amide bonds. The summed E-state index contributed by atoms with van der Waals surface area (Å²) in [5, 5.41) is 11.9. The summed E-state index contributed by atoms with van der Waals surface area (Å²) < 4.78 is 5.23. The van der Waals surface area contributed by atoms with Crippen molar-refractivity contribution in [2.75, 3.05) is 12.4 Å². The third-order valence-electron chi connectivity index (χ3n) is 3.37. The van der Waals surface area contributed by atoms with E-state index in [-0.39, 0.29) is 11.2 Å². The van der Waals surface area contributed by atoms with Gasteiger partial charge in [-0.15, -0.1) is 11.8 Å². The molecule has 0 heterocycles. The van der Waals surface area contributed by atoms with Gasteiger partial charge in [-0.3, -0.25) is 4.79 Å². The Labute approximate surface area is 150 Å². The topological polar surface area (TPSA) is 62.1 Å². The first kappa shape index (κ1) is 18.2. The lowest BCUT2D eigenvalue weighted by atomic mass is 10.2. The van der Waals surface area contributed by atoms with E-state index in [1.807, 2.05) is 19.1 Å². The lowest BCUT2D eigenvalue weighted by Crippen LogP contribution is -2.22. The van der Waals surface area contributed by atoms with Crippen molar-refractivity contribution in [2.45, 2.75) is 17.9 Å². The van der Waals surface area contributed by atoms with Gasteiger partial charge in [-0.2, -0.15) is 5.26 Å². The van der Waals surface area contributed by atoms with Gasteiger partial charge in [0.2, 0.25) is 5.91 Å². The third kappa shape index (κ3) is 4.92. The zero-order chi connectivity index (χ0) is 17.5. The summed E-state index contributed by atoms with van der Waals surface area (Å²) in [7, 11) is 1.54. The van der Waals surface area contributed by atoms with Gasteiger partial charge in [0.1, 0.15) is 5.75 Å². The average molecular weight is 361 g/mol. The molecule has 0 aliphatic heterocycles. The number of carbonyl (C=O) groups excluding carboxylic acids is 1. The van der Waals surface area contributed by atoms with E-state index in [1.54, 1.807) is 37.4 Å². The smallest absolute Gasteiger partial charge is 0.237 e. The summed E-state index contributed by atoms with van der Waals surface area (Å²) in [5.41, 5.74) is 2.25. The number of ether oxygens (including phenoxy) is 1. The number of nitriles is 1. The number of carbonyl (C=O) groups is 1. The molecule has 2 aromatic carbocycles. The van der Waals surface area contributed by atoms with Gasteiger partial charge < -0.3 is 10.1 Å². The lowest BCUT2D eigenvalue weighted by Gasteiger charge is -2.14. The third-order valence-corrected chi connectivity index (χ3v) is 4.82. The van der Waals surface area contributed by atoms with E-state index in [0.29, 0.717) is 27.8 Å². The molecular weight excluding hydrogens is 344 g/mol. The molecule has 0 fully saturated rings. The molecule has 0 saturated heterocycles. The van der Waals surface area contributed by atoms with E-state index < -0.39 is 0 Å². The molecule has 1 N–H and O–H groups in total. The number of hydrogen-bond acceptors (Lipinski definition) is 4. The molecule has 0 radical (unpaired) electrons. The van der Waals surface area contributed by atoms with Gasteiger partial charge in [-0.05, 0) is 42.8 Å². The number of thioether (sulfide) groups is 1. The number of nitrogens with one attached hydrogen (secondary N) is 1. The standard InChI is InChI=1S/C18H17ClN2O2S/c1-12(24-11-14-5-3-13(10-20)4-6-14)18(22)21-16-9-15(19)7-8-17(16)23-2/h3-9,12H,11H2,1-2H3,(H,21,22). The monoisotopic (exact) mass is 360 g/mol.